The fraction of sp³-hybridized carbons (Fsp3) is 0.0233. The number of thiophene rings is 1. The first-order chi connectivity index (χ1) is 22.7. The Kier molecular flexibility index (Phi) is 6.25. The number of hydrogen-bond donors (Lipinski definition) is 0. The van der Waals surface area contributed by atoms with Gasteiger partial charge in [0.2, 0.25) is 0 Å². The highest BCUT2D eigenvalue weighted by atomic mass is 32.1. The predicted octanol–water partition coefficient (Wildman–Crippen LogP) is 12.6. The van der Waals surface area contributed by atoms with Crippen LogP contribution in [0.2, 0.25) is 0 Å². The van der Waals surface area contributed by atoms with E-state index in [1.54, 1.807) is 0 Å². The molecule has 0 radical (unpaired) electrons. The van der Waals surface area contributed by atoms with Crippen LogP contribution in [0.15, 0.2) is 164 Å². The third kappa shape index (κ3) is 4.24. The minimum absolute atomic E-state index is 1.12. The summed E-state index contributed by atoms with van der Waals surface area (Å²) in [5.74, 6) is 0. The van der Waals surface area contributed by atoms with Gasteiger partial charge in [-0.3, -0.25) is 0 Å². The summed E-state index contributed by atoms with van der Waals surface area (Å²) in [5, 5.41) is 5.09. The molecule has 0 aliphatic rings. The molecule has 0 atom stereocenters. The van der Waals surface area contributed by atoms with Crippen LogP contribution in [0.1, 0.15) is 5.56 Å². The van der Waals surface area contributed by atoms with Crippen molar-refractivity contribution in [3.63, 3.8) is 0 Å². The highest BCUT2D eigenvalue weighted by Crippen LogP contribution is 2.44. The van der Waals surface area contributed by atoms with Crippen LogP contribution in [0.5, 0.6) is 0 Å². The lowest BCUT2D eigenvalue weighted by molar-refractivity contribution is 1.19. The molecule has 2 aromatic heterocycles. The molecule has 0 saturated carbocycles. The fourth-order valence-corrected chi connectivity index (χ4v) is 8.10. The van der Waals surface area contributed by atoms with Crippen LogP contribution in [0.25, 0.3) is 58.8 Å². The van der Waals surface area contributed by atoms with Gasteiger partial charge in [0.1, 0.15) is 0 Å². The van der Waals surface area contributed by atoms with Crippen molar-refractivity contribution in [2.45, 2.75) is 6.92 Å². The standard InChI is InChI=1S/C43H30N2S/c1-29-12-5-6-15-34(29)30-22-24-32(25-23-30)44(31-13-3-2-4-14-31)39-19-11-20-40-43(39)36-17-7-9-18-38(36)45(40)33-26-27-42-37(28-33)35-16-8-10-21-41(35)46-42/h2-28H,1H3. The van der Waals surface area contributed by atoms with E-state index in [0.29, 0.717) is 0 Å². The molecule has 218 valence electrons. The van der Waals surface area contributed by atoms with Gasteiger partial charge in [-0.15, -0.1) is 11.3 Å². The van der Waals surface area contributed by atoms with E-state index in [2.05, 4.69) is 180 Å². The summed E-state index contributed by atoms with van der Waals surface area (Å²) >= 11 is 1.86. The number of para-hydroxylation sites is 2. The Morgan fingerprint density at radius 1 is 0.500 bits per heavy atom. The average molecular weight is 607 g/mol. The van der Waals surface area contributed by atoms with Crippen LogP contribution in [0.3, 0.4) is 0 Å². The molecule has 2 nitrogen and oxygen atoms in total. The quantitative estimate of drug-likeness (QED) is 0.189. The van der Waals surface area contributed by atoms with E-state index in [-0.39, 0.29) is 0 Å². The van der Waals surface area contributed by atoms with Gasteiger partial charge in [0.05, 0.1) is 16.7 Å². The molecule has 7 aromatic carbocycles. The van der Waals surface area contributed by atoms with Gasteiger partial charge in [-0.1, -0.05) is 97.1 Å². The minimum Gasteiger partial charge on any atom is -0.310 e. The second-order valence-electron chi connectivity index (χ2n) is 11.8. The number of benzene rings is 7. The zero-order valence-electron chi connectivity index (χ0n) is 25.4. The van der Waals surface area contributed by atoms with Crippen LogP contribution in [0.4, 0.5) is 17.1 Å². The topological polar surface area (TPSA) is 8.17 Å². The summed E-state index contributed by atoms with van der Waals surface area (Å²) in [4.78, 5) is 2.40. The maximum absolute atomic E-state index is 2.44. The van der Waals surface area contributed by atoms with Crippen LogP contribution in [-0.2, 0) is 0 Å². The zero-order chi connectivity index (χ0) is 30.6. The molecule has 0 aliphatic heterocycles. The van der Waals surface area contributed by atoms with Crippen molar-refractivity contribution in [1.29, 1.82) is 0 Å². The van der Waals surface area contributed by atoms with Gasteiger partial charge in [0.25, 0.3) is 0 Å². The third-order valence-corrected chi connectivity index (χ3v) is 10.3. The molecule has 0 amide bonds. The van der Waals surface area contributed by atoms with Gasteiger partial charge in [0, 0.05) is 48.0 Å². The van der Waals surface area contributed by atoms with Crippen molar-refractivity contribution >= 4 is 70.4 Å². The van der Waals surface area contributed by atoms with Crippen molar-refractivity contribution in [2.24, 2.45) is 0 Å². The molecule has 0 N–H and O–H groups in total. The molecule has 0 fully saturated rings. The molecule has 2 heterocycles. The Hall–Kier alpha value is -5.64. The van der Waals surface area contributed by atoms with E-state index in [1.165, 1.54) is 64.4 Å². The minimum atomic E-state index is 1.12. The lowest BCUT2D eigenvalue weighted by Gasteiger charge is -2.26. The Balaban J connectivity index is 1.28. The first kappa shape index (κ1) is 26.7. The highest BCUT2D eigenvalue weighted by molar-refractivity contribution is 7.25. The lowest BCUT2D eigenvalue weighted by Crippen LogP contribution is -2.10. The van der Waals surface area contributed by atoms with Gasteiger partial charge in [-0.05, 0) is 90.3 Å². The van der Waals surface area contributed by atoms with Crippen LogP contribution >= 0.6 is 11.3 Å². The van der Waals surface area contributed by atoms with E-state index >= 15 is 0 Å². The molecule has 0 saturated heterocycles. The molecule has 0 aliphatic carbocycles. The molecule has 46 heavy (non-hydrogen) atoms. The first-order valence-corrected chi connectivity index (χ1v) is 16.5. The number of hydrogen-bond acceptors (Lipinski definition) is 2. The van der Waals surface area contributed by atoms with Crippen molar-refractivity contribution in [1.82, 2.24) is 4.57 Å². The number of nitrogens with zero attached hydrogens (tertiary/aromatic N) is 2. The second kappa shape index (κ2) is 10.8. The van der Waals surface area contributed by atoms with E-state index in [9.17, 15) is 0 Å². The van der Waals surface area contributed by atoms with Gasteiger partial charge in [-0.25, -0.2) is 0 Å². The molecule has 0 bridgehead atoms. The van der Waals surface area contributed by atoms with E-state index in [1.807, 2.05) is 11.3 Å². The fourth-order valence-electron chi connectivity index (χ4n) is 7.01. The summed E-state index contributed by atoms with van der Waals surface area (Å²) in [6.45, 7) is 2.18. The normalized spacial score (nSPS) is 11.6. The SMILES string of the molecule is Cc1ccccc1-c1ccc(N(c2ccccc2)c2cccc3c2c2ccccc2n3-c2ccc3sc4ccccc4c3c2)cc1. The number of anilines is 3. The van der Waals surface area contributed by atoms with Crippen LogP contribution in [-0.4, -0.2) is 4.57 Å². The van der Waals surface area contributed by atoms with E-state index in [4.69, 9.17) is 0 Å². The van der Waals surface area contributed by atoms with Crippen molar-refractivity contribution in [3.05, 3.63) is 169 Å². The van der Waals surface area contributed by atoms with Gasteiger partial charge in [-0.2, -0.15) is 0 Å². The summed E-state index contributed by atoms with van der Waals surface area (Å²) in [6, 6.07) is 59.5. The van der Waals surface area contributed by atoms with Crippen molar-refractivity contribution in [2.75, 3.05) is 4.90 Å². The van der Waals surface area contributed by atoms with E-state index < -0.39 is 0 Å². The average Bonchev–Trinajstić information content (AvgIpc) is 3.65. The molecular weight excluding hydrogens is 577 g/mol. The molecule has 0 unspecified atom stereocenters. The molecule has 0 spiro atoms. The Morgan fingerprint density at radius 2 is 1.17 bits per heavy atom. The van der Waals surface area contributed by atoms with Crippen LogP contribution in [0, 0.1) is 6.92 Å². The molecule has 9 rings (SSSR count). The van der Waals surface area contributed by atoms with Crippen LogP contribution < -0.4 is 4.90 Å². The number of rotatable bonds is 5. The van der Waals surface area contributed by atoms with Crippen molar-refractivity contribution < 1.29 is 0 Å². The zero-order valence-corrected chi connectivity index (χ0v) is 26.2. The third-order valence-electron chi connectivity index (χ3n) is 9.13. The predicted molar refractivity (Wildman–Crippen MR) is 199 cm³/mol. The Bertz CT molecular complexity index is 2540. The van der Waals surface area contributed by atoms with Gasteiger partial charge < -0.3 is 9.47 Å². The monoisotopic (exact) mass is 606 g/mol. The molecule has 9 aromatic rings. The molecule has 3 heteroatoms. The Labute approximate surface area is 272 Å². The van der Waals surface area contributed by atoms with E-state index in [0.717, 1.165) is 17.1 Å². The smallest absolute Gasteiger partial charge is 0.0562 e. The molecular formula is C43H30N2S. The largest absolute Gasteiger partial charge is 0.310 e. The summed E-state index contributed by atoms with van der Waals surface area (Å²) in [6.07, 6.45) is 0. The maximum atomic E-state index is 2.44. The second-order valence-corrected chi connectivity index (χ2v) is 12.9. The Morgan fingerprint density at radius 3 is 2.02 bits per heavy atom. The summed E-state index contributed by atoms with van der Waals surface area (Å²) in [5.41, 5.74) is 10.7. The first-order valence-electron chi connectivity index (χ1n) is 15.7. The number of aromatic nitrogens is 1. The van der Waals surface area contributed by atoms with Gasteiger partial charge >= 0.3 is 0 Å². The summed E-state index contributed by atoms with van der Waals surface area (Å²) in [7, 11) is 0. The summed E-state index contributed by atoms with van der Waals surface area (Å²) < 4.78 is 5.08. The van der Waals surface area contributed by atoms with Gasteiger partial charge in [0.15, 0.2) is 0 Å². The van der Waals surface area contributed by atoms with Crippen molar-refractivity contribution in [3.8, 4) is 16.8 Å². The number of aryl methyl sites for hydroxylation is 1. The lowest BCUT2D eigenvalue weighted by atomic mass is 10.00. The number of fused-ring (bicyclic) bond motifs is 6. The highest BCUT2D eigenvalue weighted by Gasteiger charge is 2.21. The maximum Gasteiger partial charge on any atom is 0.0562 e.